The summed E-state index contributed by atoms with van der Waals surface area (Å²) in [7, 11) is 0. The summed E-state index contributed by atoms with van der Waals surface area (Å²) in [5.41, 5.74) is 0.240. The highest BCUT2D eigenvalue weighted by atomic mass is 19.1. The van der Waals surface area contributed by atoms with Gasteiger partial charge in [0.25, 0.3) is 0 Å². The molecular formula is C21H24FN3O2. The Morgan fingerprint density at radius 3 is 2.26 bits per heavy atom. The average Bonchev–Trinajstić information content (AvgIpc) is 2.68. The highest BCUT2D eigenvalue weighted by Gasteiger charge is 2.40. The minimum absolute atomic E-state index is 0.218. The van der Waals surface area contributed by atoms with E-state index in [2.05, 4.69) is 10.2 Å². The molecule has 0 unspecified atom stereocenters. The number of amides is 2. The SMILES string of the molecule is CC(C)(C(=O)Nc1cccc(F)c1)C(=O)N1CCN(c2ccccc2)CC1. The molecule has 2 amide bonds. The molecule has 3 rings (SSSR count). The van der Waals surface area contributed by atoms with E-state index in [1.54, 1.807) is 24.8 Å². The van der Waals surface area contributed by atoms with Gasteiger partial charge in [0, 0.05) is 37.6 Å². The molecule has 6 heteroatoms. The van der Waals surface area contributed by atoms with Gasteiger partial charge in [-0.25, -0.2) is 4.39 Å². The summed E-state index contributed by atoms with van der Waals surface area (Å²) in [4.78, 5) is 29.5. The standard InChI is InChI=1S/C21H24FN3O2/c1-21(2,19(26)23-17-8-6-7-16(22)15-17)20(27)25-13-11-24(12-14-25)18-9-4-3-5-10-18/h3-10,15H,11-14H2,1-2H3,(H,23,26). The minimum atomic E-state index is -1.23. The second-order valence-electron chi connectivity index (χ2n) is 7.20. The molecule has 0 saturated carbocycles. The molecule has 0 spiro atoms. The van der Waals surface area contributed by atoms with Crippen LogP contribution < -0.4 is 10.2 Å². The number of carbonyl (C=O) groups excluding carboxylic acids is 2. The number of nitrogens with one attached hydrogen (secondary N) is 1. The molecule has 0 atom stereocenters. The van der Waals surface area contributed by atoms with Crippen LogP contribution >= 0.6 is 0 Å². The second kappa shape index (κ2) is 7.78. The van der Waals surface area contributed by atoms with Crippen LogP contribution in [0, 0.1) is 11.2 Å². The lowest BCUT2D eigenvalue weighted by Gasteiger charge is -2.39. The Hall–Kier alpha value is -2.89. The molecule has 0 radical (unpaired) electrons. The molecule has 5 nitrogen and oxygen atoms in total. The molecule has 0 aromatic heterocycles. The van der Waals surface area contributed by atoms with Crippen LogP contribution in [-0.4, -0.2) is 42.9 Å². The third kappa shape index (κ3) is 4.27. The van der Waals surface area contributed by atoms with Gasteiger partial charge in [-0.05, 0) is 44.2 Å². The van der Waals surface area contributed by atoms with Crippen LogP contribution in [0.1, 0.15) is 13.8 Å². The summed E-state index contributed by atoms with van der Waals surface area (Å²) in [5.74, 6) is -1.10. The van der Waals surface area contributed by atoms with Crippen LogP contribution in [0.3, 0.4) is 0 Å². The molecule has 1 N–H and O–H groups in total. The summed E-state index contributed by atoms with van der Waals surface area (Å²) in [6, 6.07) is 15.7. The van der Waals surface area contributed by atoms with Crippen molar-refractivity contribution in [2.24, 2.45) is 5.41 Å². The first-order chi connectivity index (χ1) is 12.9. The van der Waals surface area contributed by atoms with E-state index in [9.17, 15) is 14.0 Å². The van der Waals surface area contributed by atoms with Crippen LogP contribution in [0.4, 0.5) is 15.8 Å². The Morgan fingerprint density at radius 2 is 1.63 bits per heavy atom. The summed E-state index contributed by atoms with van der Waals surface area (Å²) >= 11 is 0. The van der Waals surface area contributed by atoms with Crippen LogP contribution in [0.25, 0.3) is 0 Å². The lowest BCUT2D eigenvalue weighted by Crippen LogP contribution is -2.54. The van der Waals surface area contributed by atoms with E-state index in [1.165, 1.54) is 18.2 Å². The van der Waals surface area contributed by atoms with Gasteiger partial charge >= 0.3 is 0 Å². The first-order valence-corrected chi connectivity index (χ1v) is 9.04. The van der Waals surface area contributed by atoms with Crippen molar-refractivity contribution >= 4 is 23.2 Å². The van der Waals surface area contributed by atoms with E-state index in [-0.39, 0.29) is 5.91 Å². The summed E-state index contributed by atoms with van der Waals surface area (Å²) in [6.07, 6.45) is 0. The van der Waals surface area contributed by atoms with Gasteiger partial charge in [0.15, 0.2) is 0 Å². The Labute approximate surface area is 158 Å². The molecule has 2 aromatic rings. The van der Waals surface area contributed by atoms with E-state index in [0.717, 1.165) is 18.8 Å². The van der Waals surface area contributed by atoms with Gasteiger partial charge in [-0.1, -0.05) is 24.3 Å². The molecule has 142 valence electrons. The second-order valence-corrected chi connectivity index (χ2v) is 7.20. The molecule has 1 heterocycles. The van der Waals surface area contributed by atoms with Gasteiger partial charge in [0.2, 0.25) is 11.8 Å². The lowest BCUT2D eigenvalue weighted by atomic mass is 9.89. The number of rotatable bonds is 4. The molecule has 0 bridgehead atoms. The van der Waals surface area contributed by atoms with E-state index >= 15 is 0 Å². The number of piperazine rings is 1. The molecule has 27 heavy (non-hydrogen) atoms. The van der Waals surface area contributed by atoms with Gasteiger partial charge in [-0.3, -0.25) is 9.59 Å². The van der Waals surface area contributed by atoms with Crippen molar-refractivity contribution in [3.63, 3.8) is 0 Å². The number of nitrogens with zero attached hydrogens (tertiary/aromatic N) is 2. The van der Waals surface area contributed by atoms with Crippen molar-refractivity contribution in [3.05, 3.63) is 60.4 Å². The third-order valence-corrected chi connectivity index (χ3v) is 4.87. The zero-order valence-corrected chi connectivity index (χ0v) is 15.6. The smallest absolute Gasteiger partial charge is 0.239 e. The normalized spacial score (nSPS) is 14.8. The Bertz CT molecular complexity index is 815. The van der Waals surface area contributed by atoms with Crippen LogP contribution in [0.15, 0.2) is 54.6 Å². The molecule has 1 aliphatic rings. The van der Waals surface area contributed by atoms with Gasteiger partial charge < -0.3 is 15.1 Å². The summed E-state index contributed by atoms with van der Waals surface area (Å²) in [6.45, 7) is 5.77. The predicted molar refractivity (Wildman–Crippen MR) is 104 cm³/mol. The van der Waals surface area contributed by atoms with Crippen molar-refractivity contribution in [3.8, 4) is 0 Å². The number of benzene rings is 2. The number of hydrogen-bond acceptors (Lipinski definition) is 3. The first-order valence-electron chi connectivity index (χ1n) is 9.04. The van der Waals surface area contributed by atoms with E-state index in [4.69, 9.17) is 0 Å². The quantitative estimate of drug-likeness (QED) is 0.843. The minimum Gasteiger partial charge on any atom is -0.368 e. The number of para-hydroxylation sites is 1. The van der Waals surface area contributed by atoms with Crippen molar-refractivity contribution < 1.29 is 14.0 Å². The maximum Gasteiger partial charge on any atom is 0.239 e. The van der Waals surface area contributed by atoms with Gasteiger partial charge in [-0.2, -0.15) is 0 Å². The van der Waals surface area contributed by atoms with Crippen molar-refractivity contribution in [1.29, 1.82) is 0 Å². The van der Waals surface area contributed by atoms with Crippen LogP contribution in [-0.2, 0) is 9.59 Å². The fourth-order valence-electron chi connectivity index (χ4n) is 3.15. The molecule has 2 aromatic carbocycles. The highest BCUT2D eigenvalue weighted by Crippen LogP contribution is 2.24. The third-order valence-electron chi connectivity index (χ3n) is 4.87. The zero-order chi connectivity index (χ0) is 19.4. The van der Waals surface area contributed by atoms with Gasteiger partial charge in [0.05, 0.1) is 0 Å². The molecule has 1 aliphatic heterocycles. The predicted octanol–water partition coefficient (Wildman–Crippen LogP) is 3.14. The van der Waals surface area contributed by atoms with Crippen molar-refractivity contribution in [1.82, 2.24) is 4.90 Å². The molecular weight excluding hydrogens is 345 g/mol. The molecule has 1 saturated heterocycles. The lowest BCUT2D eigenvalue weighted by molar-refractivity contribution is -0.146. The fraction of sp³-hybridized carbons (Fsp3) is 0.333. The largest absolute Gasteiger partial charge is 0.368 e. The molecule has 0 aliphatic carbocycles. The highest BCUT2D eigenvalue weighted by molar-refractivity contribution is 6.09. The van der Waals surface area contributed by atoms with Gasteiger partial charge in [-0.15, -0.1) is 0 Å². The van der Waals surface area contributed by atoms with Gasteiger partial charge in [0.1, 0.15) is 11.2 Å². The topological polar surface area (TPSA) is 52.7 Å². The van der Waals surface area contributed by atoms with E-state index < -0.39 is 17.1 Å². The van der Waals surface area contributed by atoms with Crippen LogP contribution in [0.5, 0.6) is 0 Å². The summed E-state index contributed by atoms with van der Waals surface area (Å²) in [5, 5.41) is 2.64. The maximum atomic E-state index is 13.3. The maximum absolute atomic E-state index is 13.3. The van der Waals surface area contributed by atoms with E-state index in [0.29, 0.717) is 18.8 Å². The Morgan fingerprint density at radius 1 is 0.963 bits per heavy atom. The number of hydrogen-bond donors (Lipinski definition) is 1. The van der Waals surface area contributed by atoms with Crippen molar-refractivity contribution in [2.75, 3.05) is 36.4 Å². The average molecular weight is 369 g/mol. The monoisotopic (exact) mass is 369 g/mol. The zero-order valence-electron chi connectivity index (χ0n) is 15.6. The van der Waals surface area contributed by atoms with Crippen molar-refractivity contribution in [2.45, 2.75) is 13.8 Å². The Balaban J connectivity index is 1.61. The number of carbonyl (C=O) groups is 2. The number of halogens is 1. The van der Waals surface area contributed by atoms with E-state index in [1.807, 2.05) is 30.3 Å². The fourth-order valence-corrected chi connectivity index (χ4v) is 3.15. The number of anilines is 2. The van der Waals surface area contributed by atoms with Crippen LogP contribution in [0.2, 0.25) is 0 Å². The Kier molecular flexibility index (Phi) is 5.44. The summed E-state index contributed by atoms with van der Waals surface area (Å²) < 4.78 is 13.3. The molecule has 1 fully saturated rings. The first kappa shape index (κ1) is 18.9.